The number of thioether (sulfide) groups is 1. The molecule has 3 aromatic rings. The number of fused-ring (bicyclic) bond motifs is 1. The van der Waals surface area contributed by atoms with Crippen molar-refractivity contribution in [3.63, 3.8) is 0 Å². The number of carbonyl (C=O) groups is 1. The van der Waals surface area contributed by atoms with Gasteiger partial charge in [0.25, 0.3) is 5.56 Å². The summed E-state index contributed by atoms with van der Waals surface area (Å²) in [5.74, 6) is 0.893. The minimum atomic E-state index is -0.411. The second-order valence-corrected chi connectivity index (χ2v) is 8.82. The van der Waals surface area contributed by atoms with Crippen LogP contribution < -0.4 is 15.6 Å². The summed E-state index contributed by atoms with van der Waals surface area (Å²) in [6.07, 6.45) is 0. The molecule has 0 aliphatic carbocycles. The number of para-hydroxylation sites is 2. The van der Waals surface area contributed by atoms with Crippen LogP contribution in [0.15, 0.2) is 58.5 Å². The summed E-state index contributed by atoms with van der Waals surface area (Å²) in [5, 5.41) is 3.70. The van der Waals surface area contributed by atoms with Gasteiger partial charge in [0.05, 0.1) is 23.3 Å². The molecule has 1 atom stereocenters. The zero-order valence-corrected chi connectivity index (χ0v) is 18.5. The van der Waals surface area contributed by atoms with Crippen LogP contribution in [-0.4, -0.2) is 27.8 Å². The molecule has 0 unspecified atom stereocenters. The number of amides is 1. The van der Waals surface area contributed by atoms with E-state index in [0.717, 1.165) is 11.3 Å². The second-order valence-electron chi connectivity index (χ2n) is 7.51. The Morgan fingerprint density at radius 2 is 1.83 bits per heavy atom. The molecule has 158 valence electrons. The molecular formula is C23H27N3O3S. The molecule has 7 heteroatoms. The van der Waals surface area contributed by atoms with Crippen LogP contribution in [0.25, 0.3) is 10.9 Å². The van der Waals surface area contributed by atoms with Gasteiger partial charge in [-0.3, -0.25) is 14.2 Å². The maximum absolute atomic E-state index is 13.0. The lowest BCUT2D eigenvalue weighted by molar-refractivity contribution is -0.120. The molecule has 0 saturated heterocycles. The third-order valence-electron chi connectivity index (χ3n) is 4.67. The van der Waals surface area contributed by atoms with Crippen molar-refractivity contribution in [3.05, 3.63) is 64.4 Å². The monoisotopic (exact) mass is 425 g/mol. The van der Waals surface area contributed by atoms with Crippen LogP contribution in [0, 0.1) is 5.92 Å². The number of rotatable bonds is 8. The molecular weight excluding hydrogens is 398 g/mol. The minimum Gasteiger partial charge on any atom is -0.496 e. The fourth-order valence-corrected chi connectivity index (χ4v) is 4.09. The average Bonchev–Trinajstić information content (AvgIpc) is 2.74. The lowest BCUT2D eigenvalue weighted by Gasteiger charge is -2.18. The molecule has 3 rings (SSSR count). The Morgan fingerprint density at radius 3 is 2.57 bits per heavy atom. The number of carbonyl (C=O) groups excluding carboxylic acids is 1. The number of ether oxygens (including phenoxy) is 1. The van der Waals surface area contributed by atoms with E-state index in [1.165, 1.54) is 11.8 Å². The number of hydrogen-bond donors (Lipinski definition) is 1. The fourth-order valence-electron chi connectivity index (χ4n) is 3.15. The van der Waals surface area contributed by atoms with Crippen LogP contribution in [0.5, 0.6) is 5.75 Å². The van der Waals surface area contributed by atoms with E-state index >= 15 is 0 Å². The SMILES string of the molecule is COc1ccccc1CNC(=O)[C@H](C)Sc1nc2ccccc2c(=O)n1CC(C)C. The highest BCUT2D eigenvalue weighted by molar-refractivity contribution is 8.00. The Hall–Kier alpha value is -2.80. The molecule has 0 aliphatic rings. The first kappa shape index (κ1) is 21.9. The van der Waals surface area contributed by atoms with E-state index in [0.29, 0.717) is 29.1 Å². The highest BCUT2D eigenvalue weighted by Crippen LogP contribution is 2.24. The van der Waals surface area contributed by atoms with Gasteiger partial charge < -0.3 is 10.1 Å². The highest BCUT2D eigenvalue weighted by atomic mass is 32.2. The summed E-state index contributed by atoms with van der Waals surface area (Å²) in [7, 11) is 1.61. The molecule has 6 nitrogen and oxygen atoms in total. The van der Waals surface area contributed by atoms with Crippen LogP contribution in [0.3, 0.4) is 0 Å². The summed E-state index contributed by atoms with van der Waals surface area (Å²) >= 11 is 1.30. The Morgan fingerprint density at radius 1 is 1.13 bits per heavy atom. The van der Waals surface area contributed by atoms with E-state index in [4.69, 9.17) is 4.74 Å². The van der Waals surface area contributed by atoms with E-state index in [9.17, 15) is 9.59 Å². The van der Waals surface area contributed by atoms with Crippen LogP contribution in [0.1, 0.15) is 26.3 Å². The molecule has 2 aromatic carbocycles. The number of methoxy groups -OCH3 is 1. The lowest BCUT2D eigenvalue weighted by Crippen LogP contribution is -2.32. The molecule has 1 N–H and O–H groups in total. The average molecular weight is 426 g/mol. The fraction of sp³-hybridized carbons (Fsp3) is 0.348. The van der Waals surface area contributed by atoms with Gasteiger partial charge >= 0.3 is 0 Å². The number of nitrogens with one attached hydrogen (secondary N) is 1. The smallest absolute Gasteiger partial charge is 0.262 e. The van der Waals surface area contributed by atoms with Crippen LogP contribution in [-0.2, 0) is 17.9 Å². The van der Waals surface area contributed by atoms with Crippen LogP contribution in [0.4, 0.5) is 0 Å². The number of benzene rings is 2. The first-order valence-electron chi connectivity index (χ1n) is 9.96. The maximum atomic E-state index is 13.0. The summed E-state index contributed by atoms with van der Waals surface area (Å²) in [5.41, 5.74) is 1.48. The summed E-state index contributed by atoms with van der Waals surface area (Å²) < 4.78 is 7.02. The highest BCUT2D eigenvalue weighted by Gasteiger charge is 2.20. The minimum absolute atomic E-state index is 0.0709. The van der Waals surface area contributed by atoms with Gasteiger partial charge in [0.15, 0.2) is 5.16 Å². The molecule has 1 aromatic heterocycles. The molecule has 1 heterocycles. The van der Waals surface area contributed by atoms with E-state index in [-0.39, 0.29) is 17.4 Å². The van der Waals surface area contributed by atoms with Crippen molar-refractivity contribution < 1.29 is 9.53 Å². The van der Waals surface area contributed by atoms with Gasteiger partial charge in [-0.25, -0.2) is 4.98 Å². The van der Waals surface area contributed by atoms with Gasteiger partial charge in [-0.1, -0.05) is 55.9 Å². The molecule has 0 radical (unpaired) electrons. The van der Waals surface area contributed by atoms with E-state index in [1.54, 1.807) is 17.7 Å². The number of hydrogen-bond acceptors (Lipinski definition) is 5. The molecule has 30 heavy (non-hydrogen) atoms. The van der Waals surface area contributed by atoms with Crippen LogP contribution in [0.2, 0.25) is 0 Å². The predicted molar refractivity (Wildman–Crippen MR) is 121 cm³/mol. The van der Waals surface area contributed by atoms with Crippen molar-refractivity contribution in [2.45, 2.75) is 44.3 Å². The molecule has 0 bridgehead atoms. The Balaban J connectivity index is 1.80. The maximum Gasteiger partial charge on any atom is 0.262 e. The van der Waals surface area contributed by atoms with Gasteiger partial charge in [-0.15, -0.1) is 0 Å². The van der Waals surface area contributed by atoms with Crippen molar-refractivity contribution in [2.75, 3.05) is 7.11 Å². The van der Waals surface area contributed by atoms with Crippen molar-refractivity contribution in [3.8, 4) is 5.75 Å². The molecule has 0 saturated carbocycles. The molecule has 0 fully saturated rings. The Bertz CT molecular complexity index is 1090. The number of nitrogens with zero attached hydrogens (tertiary/aromatic N) is 2. The molecule has 0 spiro atoms. The van der Waals surface area contributed by atoms with Gasteiger partial charge in [-0.05, 0) is 31.0 Å². The standard InChI is InChI=1S/C23H27N3O3S/c1-15(2)14-26-22(28)18-10-6-7-11-19(18)25-23(26)30-16(3)21(27)24-13-17-9-5-8-12-20(17)29-4/h5-12,15-16H,13-14H2,1-4H3,(H,24,27)/t16-/m0/s1. The first-order valence-corrected chi connectivity index (χ1v) is 10.8. The zero-order valence-electron chi connectivity index (χ0n) is 17.7. The number of aromatic nitrogens is 2. The first-order chi connectivity index (χ1) is 14.4. The largest absolute Gasteiger partial charge is 0.496 e. The lowest BCUT2D eigenvalue weighted by atomic mass is 10.2. The van der Waals surface area contributed by atoms with E-state index in [1.807, 2.05) is 49.4 Å². The van der Waals surface area contributed by atoms with Crippen molar-refractivity contribution in [1.82, 2.24) is 14.9 Å². The van der Waals surface area contributed by atoms with Crippen LogP contribution >= 0.6 is 11.8 Å². The normalized spacial score (nSPS) is 12.2. The summed E-state index contributed by atoms with van der Waals surface area (Å²) in [4.78, 5) is 30.4. The quantitative estimate of drug-likeness (QED) is 0.438. The van der Waals surface area contributed by atoms with Gasteiger partial charge in [0.1, 0.15) is 5.75 Å². The van der Waals surface area contributed by atoms with E-state index < -0.39 is 5.25 Å². The second kappa shape index (κ2) is 9.80. The summed E-state index contributed by atoms with van der Waals surface area (Å²) in [6, 6.07) is 14.9. The third-order valence-corrected chi connectivity index (χ3v) is 5.76. The zero-order chi connectivity index (χ0) is 21.7. The van der Waals surface area contributed by atoms with Gasteiger partial charge in [0.2, 0.25) is 5.91 Å². The van der Waals surface area contributed by atoms with Crippen molar-refractivity contribution in [1.29, 1.82) is 0 Å². The Labute approximate surface area is 180 Å². The molecule has 0 aliphatic heterocycles. The van der Waals surface area contributed by atoms with E-state index in [2.05, 4.69) is 24.1 Å². The predicted octanol–water partition coefficient (Wildman–Crippen LogP) is 3.86. The van der Waals surface area contributed by atoms with Crippen molar-refractivity contribution in [2.24, 2.45) is 5.92 Å². The van der Waals surface area contributed by atoms with Gasteiger partial charge in [0, 0.05) is 18.7 Å². The Kier molecular flexibility index (Phi) is 7.15. The third kappa shape index (κ3) is 5.02. The van der Waals surface area contributed by atoms with Crippen molar-refractivity contribution >= 4 is 28.6 Å². The van der Waals surface area contributed by atoms with Gasteiger partial charge in [-0.2, -0.15) is 0 Å². The summed E-state index contributed by atoms with van der Waals surface area (Å²) in [6.45, 7) is 6.86. The topological polar surface area (TPSA) is 73.2 Å². The molecule has 1 amide bonds.